The molecule has 1 aliphatic heterocycles. The van der Waals surface area contributed by atoms with Crippen LogP contribution in [0.5, 0.6) is 11.5 Å². The summed E-state index contributed by atoms with van der Waals surface area (Å²) in [4.78, 5) is 12.5. The Balaban J connectivity index is 1.59. The summed E-state index contributed by atoms with van der Waals surface area (Å²) in [7, 11) is -2.95. The fourth-order valence-corrected chi connectivity index (χ4v) is 5.27. The third kappa shape index (κ3) is 4.78. The number of amides is 1. The molecule has 1 heterocycles. The standard InChI is InChI=1S/C24H23FN2O5S/c1-31-21-12-11-18(25)15-23(21)33(29,30)27-16-22(32-20-10-6-5-9-19(20)27)24(28)26-14-13-17-7-3-2-4-8-17/h2-12,15,22H,13-14,16H2,1H3,(H,26,28). The van der Waals surface area contributed by atoms with Crippen molar-refractivity contribution in [2.45, 2.75) is 17.4 Å². The first-order chi connectivity index (χ1) is 15.9. The average Bonchev–Trinajstić information content (AvgIpc) is 2.83. The summed E-state index contributed by atoms with van der Waals surface area (Å²) in [5.41, 5.74) is 1.33. The highest BCUT2D eigenvalue weighted by Crippen LogP contribution is 2.38. The van der Waals surface area contributed by atoms with Gasteiger partial charge in [0.25, 0.3) is 15.9 Å². The lowest BCUT2D eigenvalue weighted by Crippen LogP contribution is -2.51. The number of para-hydroxylation sites is 2. The Kier molecular flexibility index (Phi) is 6.50. The number of methoxy groups -OCH3 is 1. The lowest BCUT2D eigenvalue weighted by atomic mass is 10.1. The molecule has 172 valence electrons. The van der Waals surface area contributed by atoms with Crippen molar-refractivity contribution in [2.75, 3.05) is 24.5 Å². The van der Waals surface area contributed by atoms with Crippen LogP contribution in [0.2, 0.25) is 0 Å². The molecule has 1 aliphatic rings. The number of anilines is 1. The van der Waals surface area contributed by atoms with Crippen LogP contribution < -0.4 is 19.1 Å². The number of hydrogen-bond donors (Lipinski definition) is 1. The highest BCUT2D eigenvalue weighted by molar-refractivity contribution is 7.93. The lowest BCUT2D eigenvalue weighted by Gasteiger charge is -2.35. The summed E-state index contributed by atoms with van der Waals surface area (Å²) >= 11 is 0. The predicted molar refractivity (Wildman–Crippen MR) is 121 cm³/mol. The van der Waals surface area contributed by atoms with Crippen LogP contribution in [0, 0.1) is 5.82 Å². The molecule has 0 spiro atoms. The van der Waals surface area contributed by atoms with E-state index in [1.807, 2.05) is 30.3 Å². The molecular weight excluding hydrogens is 447 g/mol. The maximum atomic E-state index is 13.9. The van der Waals surface area contributed by atoms with Gasteiger partial charge in [-0.05, 0) is 42.3 Å². The van der Waals surface area contributed by atoms with Gasteiger partial charge in [-0.25, -0.2) is 12.8 Å². The van der Waals surface area contributed by atoms with Crippen molar-refractivity contribution in [3.63, 3.8) is 0 Å². The van der Waals surface area contributed by atoms with Crippen LogP contribution in [0.1, 0.15) is 5.56 Å². The third-order valence-electron chi connectivity index (χ3n) is 5.28. The minimum atomic E-state index is -4.26. The largest absolute Gasteiger partial charge is 0.495 e. The molecule has 0 aromatic heterocycles. The summed E-state index contributed by atoms with van der Waals surface area (Å²) in [6.45, 7) is 0.102. The molecule has 0 aliphatic carbocycles. The monoisotopic (exact) mass is 470 g/mol. The van der Waals surface area contributed by atoms with E-state index in [2.05, 4.69) is 5.32 Å². The fourth-order valence-electron chi connectivity index (χ4n) is 3.63. The van der Waals surface area contributed by atoms with Gasteiger partial charge in [0.1, 0.15) is 22.2 Å². The SMILES string of the molecule is COc1ccc(F)cc1S(=O)(=O)N1CC(C(=O)NCCc2ccccc2)Oc2ccccc21. The van der Waals surface area contributed by atoms with E-state index < -0.39 is 27.9 Å². The summed E-state index contributed by atoms with van der Waals surface area (Å²) in [6, 6.07) is 19.4. The number of halogens is 1. The smallest absolute Gasteiger partial charge is 0.268 e. The highest BCUT2D eigenvalue weighted by atomic mass is 32.2. The number of hydrogen-bond acceptors (Lipinski definition) is 5. The Morgan fingerprint density at radius 3 is 2.61 bits per heavy atom. The molecule has 1 N–H and O–H groups in total. The Morgan fingerprint density at radius 1 is 1.12 bits per heavy atom. The number of carbonyl (C=O) groups excluding carboxylic acids is 1. The van der Waals surface area contributed by atoms with Gasteiger partial charge >= 0.3 is 0 Å². The summed E-state index contributed by atoms with van der Waals surface area (Å²) in [5, 5.41) is 2.80. The summed E-state index contributed by atoms with van der Waals surface area (Å²) in [5.74, 6) is -0.909. The Morgan fingerprint density at radius 2 is 1.85 bits per heavy atom. The molecule has 3 aromatic carbocycles. The summed E-state index contributed by atoms with van der Waals surface area (Å²) < 4.78 is 53.0. The van der Waals surface area contributed by atoms with Crippen molar-refractivity contribution in [2.24, 2.45) is 0 Å². The first kappa shape index (κ1) is 22.6. The first-order valence-corrected chi connectivity index (χ1v) is 11.8. The molecule has 0 saturated heterocycles. The van der Waals surface area contributed by atoms with E-state index in [4.69, 9.17) is 9.47 Å². The average molecular weight is 471 g/mol. The quantitative estimate of drug-likeness (QED) is 0.574. The zero-order chi connectivity index (χ0) is 23.4. The molecule has 1 amide bonds. The number of nitrogens with zero attached hydrogens (tertiary/aromatic N) is 1. The number of benzene rings is 3. The van der Waals surface area contributed by atoms with Crippen LogP contribution in [0.25, 0.3) is 0 Å². The minimum absolute atomic E-state index is 0.00392. The van der Waals surface area contributed by atoms with E-state index in [0.717, 1.165) is 22.0 Å². The van der Waals surface area contributed by atoms with E-state index in [1.54, 1.807) is 24.3 Å². The molecule has 9 heteroatoms. The third-order valence-corrected chi connectivity index (χ3v) is 7.08. The summed E-state index contributed by atoms with van der Waals surface area (Å²) in [6.07, 6.45) is -0.455. The molecule has 0 saturated carbocycles. The lowest BCUT2D eigenvalue weighted by molar-refractivity contribution is -0.127. The number of fused-ring (bicyclic) bond motifs is 1. The fraction of sp³-hybridized carbons (Fsp3) is 0.208. The van der Waals surface area contributed by atoms with Crippen LogP contribution in [-0.4, -0.2) is 40.6 Å². The van der Waals surface area contributed by atoms with Crippen molar-refractivity contribution in [1.29, 1.82) is 0 Å². The van der Waals surface area contributed by atoms with Crippen molar-refractivity contribution >= 4 is 21.6 Å². The van der Waals surface area contributed by atoms with Gasteiger partial charge in [-0.1, -0.05) is 42.5 Å². The van der Waals surface area contributed by atoms with Gasteiger partial charge in [0.05, 0.1) is 19.3 Å². The molecule has 1 atom stereocenters. The number of carbonyl (C=O) groups is 1. The molecule has 33 heavy (non-hydrogen) atoms. The van der Waals surface area contributed by atoms with E-state index in [0.29, 0.717) is 13.0 Å². The van der Waals surface area contributed by atoms with Gasteiger partial charge in [-0.3, -0.25) is 9.10 Å². The number of rotatable bonds is 7. The van der Waals surface area contributed by atoms with Crippen molar-refractivity contribution in [3.05, 3.63) is 84.2 Å². The van der Waals surface area contributed by atoms with Crippen LogP contribution in [0.15, 0.2) is 77.7 Å². The second kappa shape index (κ2) is 9.50. The molecule has 0 fully saturated rings. The topological polar surface area (TPSA) is 84.9 Å². The molecule has 4 rings (SSSR count). The van der Waals surface area contributed by atoms with E-state index in [1.165, 1.54) is 13.2 Å². The maximum Gasteiger partial charge on any atom is 0.268 e. The van der Waals surface area contributed by atoms with Crippen molar-refractivity contribution in [3.8, 4) is 11.5 Å². The molecular formula is C24H23FN2O5S. The molecule has 1 unspecified atom stereocenters. The molecule has 0 radical (unpaired) electrons. The minimum Gasteiger partial charge on any atom is -0.495 e. The predicted octanol–water partition coefficient (Wildman–Crippen LogP) is 3.15. The van der Waals surface area contributed by atoms with Gasteiger partial charge in [-0.2, -0.15) is 0 Å². The number of nitrogens with one attached hydrogen (secondary N) is 1. The van der Waals surface area contributed by atoms with E-state index in [-0.39, 0.29) is 28.6 Å². The van der Waals surface area contributed by atoms with Gasteiger partial charge < -0.3 is 14.8 Å². The van der Waals surface area contributed by atoms with Gasteiger partial charge in [0, 0.05) is 6.54 Å². The Labute approximate surface area is 191 Å². The second-order valence-electron chi connectivity index (χ2n) is 7.43. The molecule has 7 nitrogen and oxygen atoms in total. The van der Waals surface area contributed by atoms with E-state index in [9.17, 15) is 17.6 Å². The maximum absolute atomic E-state index is 13.9. The van der Waals surface area contributed by atoms with Crippen LogP contribution >= 0.6 is 0 Å². The van der Waals surface area contributed by atoms with Gasteiger partial charge in [0.2, 0.25) is 0 Å². The van der Waals surface area contributed by atoms with Gasteiger partial charge in [-0.15, -0.1) is 0 Å². The zero-order valence-corrected chi connectivity index (χ0v) is 18.7. The van der Waals surface area contributed by atoms with E-state index >= 15 is 0 Å². The zero-order valence-electron chi connectivity index (χ0n) is 17.9. The molecule has 0 bridgehead atoms. The van der Waals surface area contributed by atoms with Crippen molar-refractivity contribution in [1.82, 2.24) is 5.32 Å². The van der Waals surface area contributed by atoms with Gasteiger partial charge in [0.15, 0.2) is 6.10 Å². The highest BCUT2D eigenvalue weighted by Gasteiger charge is 2.38. The number of sulfonamides is 1. The molecule has 3 aromatic rings. The number of ether oxygens (including phenoxy) is 2. The van der Waals surface area contributed by atoms with Crippen LogP contribution in [0.3, 0.4) is 0 Å². The second-order valence-corrected chi connectivity index (χ2v) is 9.26. The Hall–Kier alpha value is -3.59. The van der Waals surface area contributed by atoms with Crippen LogP contribution in [-0.2, 0) is 21.2 Å². The Bertz CT molecular complexity index is 1250. The van der Waals surface area contributed by atoms with Crippen molar-refractivity contribution < 1.29 is 27.1 Å². The first-order valence-electron chi connectivity index (χ1n) is 10.3. The normalized spacial score (nSPS) is 15.3. The van der Waals surface area contributed by atoms with Crippen LogP contribution in [0.4, 0.5) is 10.1 Å².